The Morgan fingerprint density at radius 1 is 1.22 bits per heavy atom. The van der Waals surface area contributed by atoms with E-state index in [0.29, 0.717) is 18.8 Å². The van der Waals surface area contributed by atoms with Gasteiger partial charge in [0.05, 0.1) is 7.11 Å². The molecule has 1 aromatic rings. The smallest absolute Gasteiger partial charge is 0.328 e. The van der Waals surface area contributed by atoms with Crippen LogP contribution in [0.3, 0.4) is 0 Å². The maximum atomic E-state index is 12.3. The highest BCUT2D eigenvalue weighted by molar-refractivity contribution is 5.84. The molecule has 0 bridgehead atoms. The summed E-state index contributed by atoms with van der Waals surface area (Å²) in [5.41, 5.74) is 3.36. The van der Waals surface area contributed by atoms with Gasteiger partial charge in [0, 0.05) is 12.8 Å². The Labute approximate surface area is 138 Å². The fraction of sp³-hybridized carbons (Fsp3) is 0.579. The van der Waals surface area contributed by atoms with Crippen LogP contribution in [0, 0.1) is 19.8 Å². The van der Waals surface area contributed by atoms with Gasteiger partial charge in [-0.1, -0.05) is 31.0 Å². The van der Waals surface area contributed by atoms with E-state index in [0.717, 1.165) is 29.5 Å². The van der Waals surface area contributed by atoms with Gasteiger partial charge < -0.3 is 10.1 Å². The monoisotopic (exact) mass is 317 g/mol. The Balaban J connectivity index is 2.04. The van der Waals surface area contributed by atoms with E-state index in [9.17, 15) is 9.59 Å². The van der Waals surface area contributed by atoms with Crippen molar-refractivity contribution < 1.29 is 14.3 Å². The van der Waals surface area contributed by atoms with Gasteiger partial charge in [-0.2, -0.15) is 0 Å². The van der Waals surface area contributed by atoms with Gasteiger partial charge in [-0.15, -0.1) is 0 Å². The lowest BCUT2D eigenvalue weighted by Crippen LogP contribution is -2.43. The minimum atomic E-state index is -0.617. The number of rotatable bonds is 6. The van der Waals surface area contributed by atoms with Crippen LogP contribution in [0.25, 0.3) is 0 Å². The molecule has 1 saturated carbocycles. The van der Waals surface area contributed by atoms with E-state index in [1.807, 2.05) is 32.0 Å². The molecule has 1 aromatic carbocycles. The molecule has 4 heteroatoms. The van der Waals surface area contributed by atoms with E-state index >= 15 is 0 Å². The molecule has 0 aromatic heterocycles. The van der Waals surface area contributed by atoms with Gasteiger partial charge in [-0.05, 0) is 49.3 Å². The van der Waals surface area contributed by atoms with E-state index in [1.54, 1.807) is 0 Å². The molecular weight excluding hydrogens is 290 g/mol. The zero-order valence-corrected chi connectivity index (χ0v) is 14.4. The molecule has 0 radical (unpaired) electrons. The molecule has 1 atom stereocenters. The van der Waals surface area contributed by atoms with Crippen molar-refractivity contribution in [1.82, 2.24) is 5.32 Å². The fourth-order valence-electron chi connectivity index (χ4n) is 3.44. The molecule has 1 aliphatic carbocycles. The highest BCUT2D eigenvalue weighted by atomic mass is 16.5. The summed E-state index contributed by atoms with van der Waals surface area (Å²) in [6.45, 7) is 4.05. The van der Waals surface area contributed by atoms with Crippen molar-refractivity contribution in [2.24, 2.45) is 5.92 Å². The van der Waals surface area contributed by atoms with E-state index in [4.69, 9.17) is 4.74 Å². The number of hydrogen-bond donors (Lipinski definition) is 1. The molecule has 1 fully saturated rings. The second kappa shape index (κ2) is 8.14. The zero-order chi connectivity index (χ0) is 16.8. The molecule has 0 unspecified atom stereocenters. The number of nitrogens with one attached hydrogen (secondary N) is 1. The Kier molecular flexibility index (Phi) is 6.20. The van der Waals surface area contributed by atoms with E-state index in [1.165, 1.54) is 20.0 Å². The second-order valence-corrected chi connectivity index (χ2v) is 6.57. The molecule has 0 heterocycles. The van der Waals surface area contributed by atoms with Crippen molar-refractivity contribution >= 4 is 11.9 Å². The molecular formula is C19H27NO3. The number of benzene rings is 1. The lowest BCUT2D eigenvalue weighted by Gasteiger charge is -2.20. The average molecular weight is 317 g/mol. The quantitative estimate of drug-likeness (QED) is 0.820. The third-order valence-corrected chi connectivity index (χ3v) is 4.82. The highest BCUT2D eigenvalue weighted by Gasteiger charge is 2.25. The first kappa shape index (κ1) is 17.5. The summed E-state index contributed by atoms with van der Waals surface area (Å²) < 4.78 is 4.88. The van der Waals surface area contributed by atoms with Crippen LogP contribution in [0.2, 0.25) is 0 Å². The summed E-state index contributed by atoms with van der Waals surface area (Å²) in [6.07, 6.45) is 5.64. The first-order valence-corrected chi connectivity index (χ1v) is 8.43. The fourth-order valence-corrected chi connectivity index (χ4v) is 3.44. The summed E-state index contributed by atoms with van der Waals surface area (Å²) in [7, 11) is 1.36. The first-order valence-electron chi connectivity index (χ1n) is 8.43. The Morgan fingerprint density at radius 2 is 1.83 bits per heavy atom. The largest absolute Gasteiger partial charge is 0.467 e. The molecule has 1 amide bonds. The van der Waals surface area contributed by atoms with Gasteiger partial charge in [0.2, 0.25) is 5.91 Å². The maximum absolute atomic E-state index is 12.3. The summed E-state index contributed by atoms with van der Waals surface area (Å²) in [5, 5.41) is 2.88. The Bertz CT molecular complexity index is 541. The zero-order valence-electron chi connectivity index (χ0n) is 14.4. The third kappa shape index (κ3) is 4.81. The van der Waals surface area contributed by atoms with Crippen LogP contribution in [0.15, 0.2) is 18.2 Å². The van der Waals surface area contributed by atoms with Gasteiger partial charge in [0.1, 0.15) is 6.04 Å². The molecule has 4 nitrogen and oxygen atoms in total. The van der Waals surface area contributed by atoms with E-state index < -0.39 is 6.04 Å². The lowest BCUT2D eigenvalue weighted by molar-refractivity contribution is -0.145. The van der Waals surface area contributed by atoms with E-state index in [2.05, 4.69) is 5.32 Å². The molecule has 2 rings (SSSR count). The summed E-state index contributed by atoms with van der Waals surface area (Å²) in [5.74, 6) is 0.0412. The summed E-state index contributed by atoms with van der Waals surface area (Å²) >= 11 is 0. The molecule has 1 N–H and O–H groups in total. The Morgan fingerprint density at radius 3 is 2.39 bits per heavy atom. The van der Waals surface area contributed by atoms with Gasteiger partial charge in [-0.3, -0.25) is 4.79 Å². The van der Waals surface area contributed by atoms with Crippen LogP contribution in [0.1, 0.15) is 48.8 Å². The van der Waals surface area contributed by atoms with E-state index in [-0.39, 0.29) is 11.9 Å². The average Bonchev–Trinajstić information content (AvgIpc) is 3.02. The molecule has 0 aliphatic heterocycles. The second-order valence-electron chi connectivity index (χ2n) is 6.57. The number of hydrogen-bond acceptors (Lipinski definition) is 3. The third-order valence-electron chi connectivity index (χ3n) is 4.82. The molecule has 126 valence electrons. The van der Waals surface area contributed by atoms with Crippen molar-refractivity contribution in [2.45, 2.75) is 58.4 Å². The number of methoxy groups -OCH3 is 1. The molecule has 23 heavy (non-hydrogen) atoms. The standard InChI is InChI=1S/C19H27NO3/c1-13-7-6-8-14(2)16(13)12-17(19(22)23-3)20-18(21)11-15-9-4-5-10-15/h6-8,15,17H,4-5,9-12H2,1-3H3,(H,20,21)/t17-/m1/s1. The minimum absolute atomic E-state index is 0.0430. The maximum Gasteiger partial charge on any atom is 0.328 e. The SMILES string of the molecule is COC(=O)[C@@H](Cc1c(C)cccc1C)NC(=O)CC1CCCC1. The highest BCUT2D eigenvalue weighted by Crippen LogP contribution is 2.27. The first-order chi connectivity index (χ1) is 11.0. The van der Waals surface area contributed by atoms with Crippen LogP contribution in [0.5, 0.6) is 0 Å². The van der Waals surface area contributed by atoms with Crippen molar-refractivity contribution in [3.63, 3.8) is 0 Å². The predicted molar refractivity (Wildman–Crippen MR) is 90.1 cm³/mol. The lowest BCUT2D eigenvalue weighted by atomic mass is 9.96. The van der Waals surface area contributed by atoms with Crippen molar-refractivity contribution in [3.05, 3.63) is 34.9 Å². The van der Waals surface area contributed by atoms with Crippen LogP contribution in [0.4, 0.5) is 0 Å². The molecule has 0 spiro atoms. The van der Waals surface area contributed by atoms with Gasteiger partial charge >= 0.3 is 5.97 Å². The number of carbonyl (C=O) groups is 2. The summed E-state index contributed by atoms with van der Waals surface area (Å²) in [4.78, 5) is 24.3. The predicted octanol–water partition coefficient (Wildman–Crippen LogP) is 3.08. The van der Waals surface area contributed by atoms with Crippen molar-refractivity contribution in [2.75, 3.05) is 7.11 Å². The number of ether oxygens (including phenoxy) is 1. The Hall–Kier alpha value is -1.84. The number of aryl methyl sites for hydroxylation is 2. The van der Waals surface area contributed by atoms with Crippen LogP contribution in [-0.2, 0) is 20.7 Å². The van der Waals surface area contributed by atoms with Crippen LogP contribution < -0.4 is 5.32 Å². The molecule has 0 saturated heterocycles. The van der Waals surface area contributed by atoms with Gasteiger partial charge in [0.15, 0.2) is 0 Å². The topological polar surface area (TPSA) is 55.4 Å². The number of carbonyl (C=O) groups excluding carboxylic acids is 2. The normalized spacial score (nSPS) is 16.1. The number of esters is 1. The van der Waals surface area contributed by atoms with Crippen molar-refractivity contribution in [3.8, 4) is 0 Å². The van der Waals surface area contributed by atoms with Crippen LogP contribution >= 0.6 is 0 Å². The van der Waals surface area contributed by atoms with Gasteiger partial charge in [0.25, 0.3) is 0 Å². The summed E-state index contributed by atoms with van der Waals surface area (Å²) in [6, 6.07) is 5.43. The molecule has 1 aliphatic rings. The van der Waals surface area contributed by atoms with Crippen LogP contribution in [-0.4, -0.2) is 25.0 Å². The minimum Gasteiger partial charge on any atom is -0.467 e. The van der Waals surface area contributed by atoms with Crippen molar-refractivity contribution in [1.29, 1.82) is 0 Å². The van der Waals surface area contributed by atoms with Gasteiger partial charge in [-0.25, -0.2) is 4.79 Å². The number of amides is 1.